The molecule has 84 heavy (non-hydrogen) atoms. The van der Waals surface area contributed by atoms with Crippen molar-refractivity contribution in [3.63, 3.8) is 0 Å². The van der Waals surface area contributed by atoms with Crippen molar-refractivity contribution in [3.05, 3.63) is 177 Å². The van der Waals surface area contributed by atoms with Gasteiger partial charge in [-0.2, -0.15) is 0 Å². The summed E-state index contributed by atoms with van der Waals surface area (Å²) in [6.07, 6.45) is 1.79. The van der Waals surface area contributed by atoms with Crippen molar-refractivity contribution >= 4 is 23.4 Å². The lowest BCUT2D eigenvalue weighted by atomic mass is 9.76. The number of hydrogen-bond acceptors (Lipinski definition) is 15. The zero-order chi connectivity index (χ0) is 59.6. The zero-order valence-corrected chi connectivity index (χ0v) is 49.2. The van der Waals surface area contributed by atoms with E-state index < -0.39 is 29.4 Å². The number of unbranched alkanes of at least 4 members (excludes halogenated alkanes) is 1. The quantitative estimate of drug-likeness (QED) is 0.00948. The number of amides is 3. The van der Waals surface area contributed by atoms with Gasteiger partial charge in [0.2, 0.25) is 17.7 Å². The van der Waals surface area contributed by atoms with Gasteiger partial charge in [-0.15, -0.1) is 0 Å². The maximum atomic E-state index is 14.4. The van der Waals surface area contributed by atoms with Crippen LogP contribution in [0, 0.1) is 13.8 Å². The minimum Gasteiger partial charge on any atom is -0.495 e. The third kappa shape index (κ3) is 26.4. The first-order valence-corrected chi connectivity index (χ1v) is 29.0. The molecule has 0 saturated carbocycles. The van der Waals surface area contributed by atoms with Crippen molar-refractivity contribution in [3.8, 4) is 5.75 Å². The largest absolute Gasteiger partial charge is 0.495 e. The second-order valence-corrected chi connectivity index (χ2v) is 19.6. The molecule has 0 radical (unpaired) electrons. The van der Waals surface area contributed by atoms with Gasteiger partial charge in [-0.25, -0.2) is 0 Å². The van der Waals surface area contributed by atoms with E-state index in [-0.39, 0.29) is 32.0 Å². The van der Waals surface area contributed by atoms with Crippen molar-refractivity contribution in [2.24, 2.45) is 5.11 Å². The standard InChI is InChI=1S/C64H87N7O13/c1-51-22-25-56(26-23-51)64(54-17-9-5-10-18-54,55-19-11-6-12-20-55)66-29-14-13-21-58(62(73)69-57-27-24-52(2)49-60(57)75-3)70-63(74)59(50-53-15-7-4-8-16-53)68-61(72)28-31-76-33-35-78-37-39-80-41-43-82-45-47-84-48-46-83-44-42-81-40-38-79-36-34-77-32-30-67-71-65/h4-12,15-20,22-27,49,58-59,66H,13-14,21,28-48,50H2,1-3H3,(H,68,72)(H,69,73)(H,70,74)/t58-,59-/m0/s1. The molecule has 20 heteroatoms. The summed E-state index contributed by atoms with van der Waals surface area (Å²) < 4.78 is 55.2. The molecule has 4 N–H and O–H groups in total. The Hall–Kier alpha value is -6.78. The lowest BCUT2D eigenvalue weighted by molar-refractivity contribution is -0.131. The van der Waals surface area contributed by atoms with Gasteiger partial charge in [-0.05, 0) is 85.1 Å². The lowest BCUT2D eigenvalue weighted by Crippen LogP contribution is -2.53. The van der Waals surface area contributed by atoms with Gasteiger partial charge in [0.05, 0.1) is 137 Å². The van der Waals surface area contributed by atoms with Crippen molar-refractivity contribution in [2.45, 2.75) is 63.6 Å². The second-order valence-electron chi connectivity index (χ2n) is 19.6. The molecule has 0 bridgehead atoms. The molecule has 0 aromatic heterocycles. The summed E-state index contributed by atoms with van der Waals surface area (Å²) in [5, 5.41) is 16.3. The molecular formula is C64H87N7O13. The highest BCUT2D eigenvalue weighted by molar-refractivity contribution is 5.99. The predicted molar refractivity (Wildman–Crippen MR) is 322 cm³/mol. The Bertz CT molecular complexity index is 2580. The van der Waals surface area contributed by atoms with Gasteiger partial charge in [-0.1, -0.05) is 132 Å². The number of carbonyl (C=O) groups is 3. The van der Waals surface area contributed by atoms with Crippen LogP contribution in [0.15, 0.2) is 139 Å². The topological polar surface area (TPSA) is 240 Å². The van der Waals surface area contributed by atoms with Crippen molar-refractivity contribution in [1.82, 2.24) is 16.0 Å². The summed E-state index contributed by atoms with van der Waals surface area (Å²) in [6.45, 7) is 12.1. The number of azide groups is 1. The lowest BCUT2D eigenvalue weighted by Gasteiger charge is -2.37. The van der Waals surface area contributed by atoms with E-state index in [1.165, 1.54) is 0 Å². The highest BCUT2D eigenvalue weighted by Crippen LogP contribution is 2.37. The SMILES string of the molecule is COc1cc(C)ccc1NC(=O)[C@H](CCCCNC(c1ccccc1)(c1ccccc1)c1ccc(C)cc1)NC(=O)[C@H](Cc1ccccc1)NC(=O)CCOCCOCCOCCOCCOCCOCCOCCOCCOCCN=[N+]=[N-]. The van der Waals surface area contributed by atoms with Gasteiger partial charge in [0, 0.05) is 24.3 Å². The van der Waals surface area contributed by atoms with Gasteiger partial charge in [-0.3, -0.25) is 19.7 Å². The fourth-order valence-electron chi connectivity index (χ4n) is 8.90. The van der Waals surface area contributed by atoms with E-state index in [2.05, 4.69) is 111 Å². The van der Waals surface area contributed by atoms with Crippen LogP contribution in [0.4, 0.5) is 5.69 Å². The first-order chi connectivity index (χ1) is 41.2. The van der Waals surface area contributed by atoms with Crippen molar-refractivity contribution in [2.75, 3.05) is 144 Å². The molecule has 456 valence electrons. The Morgan fingerprint density at radius 3 is 1.45 bits per heavy atom. The van der Waals surface area contributed by atoms with Gasteiger partial charge < -0.3 is 63.3 Å². The molecule has 0 aliphatic heterocycles. The van der Waals surface area contributed by atoms with Crippen LogP contribution >= 0.6 is 0 Å². The number of ether oxygens (including phenoxy) is 10. The molecule has 3 amide bonds. The van der Waals surface area contributed by atoms with E-state index in [0.29, 0.717) is 149 Å². The van der Waals surface area contributed by atoms with E-state index >= 15 is 0 Å². The van der Waals surface area contributed by atoms with E-state index in [9.17, 15) is 14.4 Å². The fourth-order valence-corrected chi connectivity index (χ4v) is 8.90. The van der Waals surface area contributed by atoms with Crippen LogP contribution in [0.1, 0.15) is 59.1 Å². The molecule has 0 aliphatic rings. The first kappa shape index (κ1) is 68.0. The predicted octanol–water partition coefficient (Wildman–Crippen LogP) is 8.06. The monoisotopic (exact) mass is 1160 g/mol. The third-order valence-corrected chi connectivity index (χ3v) is 13.2. The van der Waals surface area contributed by atoms with Gasteiger partial charge in [0.1, 0.15) is 17.8 Å². The Kier molecular flexibility index (Phi) is 34.1. The number of aryl methyl sites for hydroxylation is 2. The summed E-state index contributed by atoms with van der Waals surface area (Å²) in [5.74, 6) is -0.759. The van der Waals surface area contributed by atoms with Crippen LogP contribution in [0.2, 0.25) is 0 Å². The van der Waals surface area contributed by atoms with Crippen molar-refractivity contribution < 1.29 is 61.8 Å². The summed E-state index contributed by atoms with van der Waals surface area (Å²) in [7, 11) is 1.55. The van der Waals surface area contributed by atoms with Crippen LogP contribution in [-0.2, 0) is 69.0 Å². The fraction of sp³-hybridized carbons (Fsp3) is 0.484. The van der Waals surface area contributed by atoms with E-state index in [4.69, 9.17) is 52.9 Å². The average molecular weight is 1160 g/mol. The number of benzene rings is 5. The maximum Gasteiger partial charge on any atom is 0.247 e. The Morgan fingerprint density at radius 2 is 0.964 bits per heavy atom. The van der Waals surface area contributed by atoms with Crippen LogP contribution in [0.5, 0.6) is 5.75 Å². The highest BCUT2D eigenvalue weighted by atomic mass is 16.6. The highest BCUT2D eigenvalue weighted by Gasteiger charge is 2.36. The van der Waals surface area contributed by atoms with Crippen LogP contribution < -0.4 is 26.0 Å². The van der Waals surface area contributed by atoms with Crippen LogP contribution in [0.25, 0.3) is 10.4 Å². The second kappa shape index (κ2) is 42.1. The number of anilines is 1. The van der Waals surface area contributed by atoms with Gasteiger partial charge >= 0.3 is 0 Å². The summed E-state index contributed by atoms with van der Waals surface area (Å²) in [5.41, 5.74) is 14.3. The van der Waals surface area contributed by atoms with Gasteiger partial charge in [0.15, 0.2) is 0 Å². The molecule has 0 unspecified atom stereocenters. The molecule has 20 nitrogen and oxygen atoms in total. The van der Waals surface area contributed by atoms with Crippen molar-refractivity contribution in [1.29, 1.82) is 0 Å². The van der Waals surface area contributed by atoms with E-state index in [0.717, 1.165) is 33.4 Å². The molecule has 0 aliphatic carbocycles. The average Bonchev–Trinajstić information content (AvgIpc) is 2.33. The molecule has 0 saturated heterocycles. The maximum absolute atomic E-state index is 14.4. The summed E-state index contributed by atoms with van der Waals surface area (Å²) in [6, 6.07) is 42.4. The molecule has 0 fully saturated rings. The summed E-state index contributed by atoms with van der Waals surface area (Å²) in [4.78, 5) is 44.8. The smallest absolute Gasteiger partial charge is 0.247 e. The van der Waals surface area contributed by atoms with Crippen LogP contribution in [0.3, 0.4) is 0 Å². The Balaban J connectivity index is 1.01. The molecular weight excluding hydrogens is 1070 g/mol. The Morgan fingerprint density at radius 1 is 0.512 bits per heavy atom. The van der Waals surface area contributed by atoms with E-state index in [1.54, 1.807) is 13.2 Å². The number of methoxy groups -OCH3 is 1. The molecule has 2 atom stereocenters. The number of nitrogens with one attached hydrogen (secondary N) is 4. The van der Waals surface area contributed by atoms with E-state index in [1.807, 2.05) is 61.5 Å². The number of hydrogen-bond donors (Lipinski definition) is 4. The molecule has 0 spiro atoms. The minimum absolute atomic E-state index is 0.0101. The normalized spacial score (nSPS) is 12.0. The van der Waals surface area contributed by atoms with Crippen LogP contribution in [-0.4, -0.2) is 169 Å². The molecule has 5 aromatic rings. The zero-order valence-electron chi connectivity index (χ0n) is 49.2. The summed E-state index contributed by atoms with van der Waals surface area (Å²) >= 11 is 0. The molecule has 5 rings (SSSR count). The van der Waals surface area contributed by atoms with Gasteiger partial charge in [0.25, 0.3) is 0 Å². The minimum atomic E-state index is -0.983. The molecule has 0 heterocycles. The number of nitrogens with zero attached hydrogens (tertiary/aromatic N) is 3. The third-order valence-electron chi connectivity index (χ3n) is 13.2. The molecule has 5 aromatic carbocycles. The Labute approximate surface area is 495 Å². The first-order valence-electron chi connectivity index (χ1n) is 29.0. The number of rotatable bonds is 47. The number of carbonyl (C=O) groups excluding carboxylic acids is 3.